The lowest BCUT2D eigenvalue weighted by atomic mass is 10.0. The first-order chi connectivity index (χ1) is 15.3. The van der Waals surface area contributed by atoms with Crippen LogP contribution in [0.1, 0.15) is 168 Å². The van der Waals surface area contributed by atoms with Gasteiger partial charge >= 0.3 is 0 Å². The number of aliphatic hydroxyl groups is 1. The predicted molar refractivity (Wildman–Crippen MR) is 139 cm³/mol. The number of ether oxygens (including phenoxy) is 1. The van der Waals surface area contributed by atoms with Crippen molar-refractivity contribution >= 4 is 0 Å². The van der Waals surface area contributed by atoms with Crippen LogP contribution in [0.15, 0.2) is 0 Å². The molecule has 0 fully saturated rings. The monoisotopic (exact) mass is 440 g/mol. The molecule has 188 valence electrons. The van der Waals surface area contributed by atoms with E-state index in [-0.39, 0.29) is 6.10 Å². The quantitative estimate of drug-likeness (QED) is 0.129. The molecule has 0 aromatic rings. The molecule has 0 aliphatic rings. The molecule has 1 N–H and O–H groups in total. The highest BCUT2D eigenvalue weighted by molar-refractivity contribution is 4.56. The van der Waals surface area contributed by atoms with Gasteiger partial charge < -0.3 is 9.84 Å². The number of unbranched alkanes of at least 4 members (excludes halogenated alkanes) is 21. The summed E-state index contributed by atoms with van der Waals surface area (Å²) < 4.78 is 5.69. The van der Waals surface area contributed by atoms with Crippen LogP contribution in [0.4, 0.5) is 0 Å². The van der Waals surface area contributed by atoms with Crippen LogP contribution in [0.2, 0.25) is 0 Å². The molecular weight excluding hydrogens is 380 g/mol. The molecule has 0 amide bonds. The third-order valence-electron chi connectivity index (χ3n) is 6.59. The molecule has 0 radical (unpaired) electrons. The maximum absolute atomic E-state index is 10.1. The summed E-state index contributed by atoms with van der Waals surface area (Å²) in [6, 6.07) is 0. The number of rotatable bonds is 27. The Bertz CT molecular complexity index is 305. The molecular formula is C29H60O2. The third-order valence-corrected chi connectivity index (χ3v) is 6.59. The zero-order chi connectivity index (χ0) is 22.7. The van der Waals surface area contributed by atoms with Gasteiger partial charge in [-0.2, -0.15) is 0 Å². The average molecular weight is 441 g/mol. The summed E-state index contributed by atoms with van der Waals surface area (Å²) in [7, 11) is 0. The van der Waals surface area contributed by atoms with Crippen molar-refractivity contribution in [2.75, 3.05) is 13.2 Å². The van der Waals surface area contributed by atoms with Gasteiger partial charge in [-0.1, -0.05) is 155 Å². The Balaban J connectivity index is 3.12. The van der Waals surface area contributed by atoms with Crippen LogP contribution in [0.5, 0.6) is 0 Å². The molecule has 0 aromatic carbocycles. The van der Waals surface area contributed by atoms with Crippen LogP contribution < -0.4 is 0 Å². The Hall–Kier alpha value is -0.0800. The fourth-order valence-electron chi connectivity index (χ4n) is 4.39. The van der Waals surface area contributed by atoms with Crippen molar-refractivity contribution in [1.82, 2.24) is 0 Å². The second-order valence-electron chi connectivity index (χ2n) is 9.94. The van der Waals surface area contributed by atoms with E-state index in [9.17, 15) is 5.11 Å². The molecule has 0 spiro atoms. The van der Waals surface area contributed by atoms with Gasteiger partial charge in [0.1, 0.15) is 0 Å². The van der Waals surface area contributed by atoms with Gasteiger partial charge in [0.15, 0.2) is 0 Å². The summed E-state index contributed by atoms with van der Waals surface area (Å²) >= 11 is 0. The summed E-state index contributed by atoms with van der Waals surface area (Å²) in [5.41, 5.74) is 0. The van der Waals surface area contributed by atoms with Crippen molar-refractivity contribution in [1.29, 1.82) is 0 Å². The van der Waals surface area contributed by atoms with E-state index in [4.69, 9.17) is 4.74 Å². The molecule has 0 rings (SSSR count). The van der Waals surface area contributed by atoms with Crippen LogP contribution >= 0.6 is 0 Å². The van der Waals surface area contributed by atoms with E-state index in [2.05, 4.69) is 13.8 Å². The highest BCUT2D eigenvalue weighted by Gasteiger charge is 2.04. The van der Waals surface area contributed by atoms with E-state index in [0.717, 1.165) is 25.9 Å². The van der Waals surface area contributed by atoms with Crippen molar-refractivity contribution in [3.63, 3.8) is 0 Å². The number of hydrogen-bond acceptors (Lipinski definition) is 2. The molecule has 2 heteroatoms. The van der Waals surface area contributed by atoms with E-state index in [1.807, 2.05) is 0 Å². The molecule has 2 nitrogen and oxygen atoms in total. The molecule has 1 atom stereocenters. The highest BCUT2D eigenvalue weighted by atomic mass is 16.5. The standard InChI is InChI=1S/C29H60O2/c1-3-5-7-9-11-13-15-17-19-21-23-25-27-31-28-29(30)26-24-22-20-18-16-14-12-10-8-6-4-2/h29-30H,3-28H2,1-2H3. The summed E-state index contributed by atoms with van der Waals surface area (Å²) in [6.07, 6.45) is 32.2. The molecule has 31 heavy (non-hydrogen) atoms. The van der Waals surface area contributed by atoms with Crippen molar-refractivity contribution in [3.05, 3.63) is 0 Å². The smallest absolute Gasteiger partial charge is 0.0773 e. The second kappa shape index (κ2) is 28.0. The van der Waals surface area contributed by atoms with Gasteiger partial charge in [-0.05, 0) is 12.8 Å². The Labute approximate surface area is 197 Å². The number of hydrogen-bond donors (Lipinski definition) is 1. The van der Waals surface area contributed by atoms with Gasteiger partial charge in [0.25, 0.3) is 0 Å². The molecule has 0 heterocycles. The third kappa shape index (κ3) is 27.9. The van der Waals surface area contributed by atoms with Crippen molar-refractivity contribution in [3.8, 4) is 0 Å². The lowest BCUT2D eigenvalue weighted by Gasteiger charge is -2.11. The first-order valence-electron chi connectivity index (χ1n) is 14.6. The SMILES string of the molecule is CCCCCCCCCCCCCCOCC(O)CCCCCCCCCCCCC. The van der Waals surface area contributed by atoms with Crippen LogP contribution in [0.3, 0.4) is 0 Å². The molecule has 0 bridgehead atoms. The van der Waals surface area contributed by atoms with E-state index in [1.165, 1.54) is 135 Å². The largest absolute Gasteiger partial charge is 0.391 e. The van der Waals surface area contributed by atoms with Crippen LogP contribution in [0.25, 0.3) is 0 Å². The zero-order valence-corrected chi connectivity index (χ0v) is 21.8. The van der Waals surface area contributed by atoms with Gasteiger partial charge in [0.05, 0.1) is 12.7 Å². The Morgan fingerprint density at radius 2 is 0.774 bits per heavy atom. The minimum Gasteiger partial charge on any atom is -0.391 e. The number of aliphatic hydroxyl groups excluding tert-OH is 1. The Morgan fingerprint density at radius 3 is 1.16 bits per heavy atom. The maximum atomic E-state index is 10.1. The van der Waals surface area contributed by atoms with Crippen molar-refractivity contribution in [2.24, 2.45) is 0 Å². The van der Waals surface area contributed by atoms with Gasteiger partial charge in [0, 0.05) is 6.61 Å². The maximum Gasteiger partial charge on any atom is 0.0773 e. The second-order valence-corrected chi connectivity index (χ2v) is 9.94. The summed E-state index contributed by atoms with van der Waals surface area (Å²) in [5.74, 6) is 0. The zero-order valence-electron chi connectivity index (χ0n) is 21.8. The van der Waals surface area contributed by atoms with Crippen LogP contribution in [0, 0.1) is 0 Å². The molecule has 0 aromatic heterocycles. The van der Waals surface area contributed by atoms with E-state index >= 15 is 0 Å². The average Bonchev–Trinajstić information content (AvgIpc) is 2.77. The minimum atomic E-state index is -0.254. The van der Waals surface area contributed by atoms with Gasteiger partial charge in [-0.15, -0.1) is 0 Å². The predicted octanol–water partition coefficient (Wildman–Crippen LogP) is 9.77. The Morgan fingerprint density at radius 1 is 0.452 bits per heavy atom. The fraction of sp³-hybridized carbons (Fsp3) is 1.00. The topological polar surface area (TPSA) is 29.5 Å². The van der Waals surface area contributed by atoms with Crippen molar-refractivity contribution < 1.29 is 9.84 Å². The lowest BCUT2D eigenvalue weighted by Crippen LogP contribution is -2.15. The van der Waals surface area contributed by atoms with Crippen molar-refractivity contribution in [2.45, 2.75) is 174 Å². The van der Waals surface area contributed by atoms with Crippen LogP contribution in [-0.2, 0) is 4.74 Å². The van der Waals surface area contributed by atoms with Gasteiger partial charge in [-0.3, -0.25) is 0 Å². The molecule has 0 saturated heterocycles. The molecule has 1 unspecified atom stereocenters. The van der Waals surface area contributed by atoms with Gasteiger partial charge in [0.2, 0.25) is 0 Å². The van der Waals surface area contributed by atoms with E-state index in [1.54, 1.807) is 0 Å². The molecule has 0 saturated carbocycles. The molecule has 0 aliphatic carbocycles. The lowest BCUT2D eigenvalue weighted by molar-refractivity contribution is 0.0297. The minimum absolute atomic E-state index is 0.254. The first kappa shape index (κ1) is 30.9. The van der Waals surface area contributed by atoms with Crippen LogP contribution in [-0.4, -0.2) is 24.4 Å². The summed E-state index contributed by atoms with van der Waals surface area (Å²) in [5, 5.41) is 10.1. The van der Waals surface area contributed by atoms with E-state index in [0.29, 0.717) is 6.61 Å². The fourth-order valence-corrected chi connectivity index (χ4v) is 4.39. The summed E-state index contributed by atoms with van der Waals surface area (Å²) in [4.78, 5) is 0. The van der Waals surface area contributed by atoms with Gasteiger partial charge in [-0.25, -0.2) is 0 Å². The normalized spacial score (nSPS) is 12.5. The summed E-state index contributed by atoms with van der Waals surface area (Å²) in [6.45, 7) is 5.93. The Kier molecular flexibility index (Phi) is 27.9. The highest BCUT2D eigenvalue weighted by Crippen LogP contribution is 2.14. The first-order valence-corrected chi connectivity index (χ1v) is 14.6. The molecule has 0 aliphatic heterocycles. The van der Waals surface area contributed by atoms with E-state index < -0.39 is 0 Å².